The molecule has 4 aromatic rings. The van der Waals surface area contributed by atoms with Crippen molar-refractivity contribution < 1.29 is 19.5 Å². The molecule has 37 heavy (non-hydrogen) atoms. The molecule has 1 fully saturated rings. The lowest BCUT2D eigenvalue weighted by Crippen LogP contribution is -2.33. The van der Waals surface area contributed by atoms with Gasteiger partial charge in [0, 0.05) is 34.8 Å². The molecule has 4 heterocycles. The van der Waals surface area contributed by atoms with E-state index in [9.17, 15) is 14.4 Å². The van der Waals surface area contributed by atoms with E-state index in [0.29, 0.717) is 35.1 Å². The van der Waals surface area contributed by atoms with E-state index in [1.165, 1.54) is 23.6 Å². The molecule has 0 saturated heterocycles. The van der Waals surface area contributed by atoms with Crippen molar-refractivity contribution in [1.82, 2.24) is 15.3 Å². The van der Waals surface area contributed by atoms with Gasteiger partial charge in [-0.2, -0.15) is 0 Å². The minimum absolute atomic E-state index is 0.0297. The quantitative estimate of drug-likeness (QED) is 0.404. The van der Waals surface area contributed by atoms with Crippen molar-refractivity contribution in [1.29, 1.82) is 0 Å². The molecule has 1 aliphatic heterocycles. The lowest BCUT2D eigenvalue weighted by molar-refractivity contribution is 0.0690. The summed E-state index contributed by atoms with van der Waals surface area (Å²) in [5, 5.41) is 12.2. The summed E-state index contributed by atoms with van der Waals surface area (Å²) in [7, 11) is 0. The Kier molecular flexibility index (Phi) is 5.77. The first-order chi connectivity index (χ1) is 18.0. The number of benzene rings is 1. The fourth-order valence-electron chi connectivity index (χ4n) is 4.43. The molecule has 8 nitrogen and oxygen atoms in total. The van der Waals surface area contributed by atoms with Gasteiger partial charge >= 0.3 is 5.97 Å². The van der Waals surface area contributed by atoms with Crippen LogP contribution < -0.4 is 10.2 Å². The lowest BCUT2D eigenvalue weighted by Gasteiger charge is -2.23. The van der Waals surface area contributed by atoms with Crippen LogP contribution in [-0.2, 0) is 6.42 Å². The molecular weight excluding hydrogens is 488 g/mol. The Morgan fingerprint density at radius 2 is 1.84 bits per heavy atom. The van der Waals surface area contributed by atoms with Crippen molar-refractivity contribution in [2.75, 3.05) is 11.4 Å². The molecule has 1 aliphatic carbocycles. The predicted molar refractivity (Wildman–Crippen MR) is 140 cm³/mol. The van der Waals surface area contributed by atoms with Gasteiger partial charge in [0.25, 0.3) is 11.8 Å². The average Bonchev–Trinajstić information content (AvgIpc) is 3.67. The zero-order chi connectivity index (χ0) is 25.5. The molecule has 0 unspecified atom stereocenters. The number of hydrogen-bond donors (Lipinski definition) is 2. The number of thiophene rings is 1. The van der Waals surface area contributed by atoms with Crippen molar-refractivity contribution in [3.8, 4) is 21.7 Å². The Morgan fingerprint density at radius 1 is 1.00 bits per heavy atom. The molecule has 1 aromatic carbocycles. The number of nitrogens with zero attached hydrogens (tertiary/aromatic N) is 3. The van der Waals surface area contributed by atoms with E-state index in [-0.39, 0.29) is 23.2 Å². The highest BCUT2D eigenvalue weighted by Crippen LogP contribution is 2.42. The van der Waals surface area contributed by atoms with Crippen molar-refractivity contribution in [2.45, 2.75) is 25.3 Å². The third kappa shape index (κ3) is 4.49. The van der Waals surface area contributed by atoms with Gasteiger partial charge in [-0.25, -0.2) is 14.8 Å². The van der Waals surface area contributed by atoms with Gasteiger partial charge in [0.1, 0.15) is 11.4 Å². The van der Waals surface area contributed by atoms with Crippen molar-refractivity contribution in [3.63, 3.8) is 0 Å². The van der Waals surface area contributed by atoms with Gasteiger partial charge in [0.15, 0.2) is 0 Å². The molecule has 6 rings (SSSR count). The summed E-state index contributed by atoms with van der Waals surface area (Å²) in [6.07, 6.45) is 4.13. The van der Waals surface area contributed by atoms with Crippen molar-refractivity contribution >= 4 is 34.8 Å². The lowest BCUT2D eigenvalue weighted by atomic mass is 10.1. The largest absolute Gasteiger partial charge is 0.477 e. The van der Waals surface area contributed by atoms with Gasteiger partial charge in [-0.05, 0) is 61.2 Å². The molecule has 2 amide bonds. The minimum atomic E-state index is -1.10. The molecular formula is C28H22N4O4S. The topological polar surface area (TPSA) is 112 Å². The molecule has 1 saturated carbocycles. The first kappa shape index (κ1) is 23.1. The monoisotopic (exact) mass is 510 g/mol. The van der Waals surface area contributed by atoms with Gasteiger partial charge in [-0.3, -0.25) is 9.59 Å². The number of aromatic nitrogens is 2. The number of pyridine rings is 2. The van der Waals surface area contributed by atoms with E-state index in [4.69, 9.17) is 5.11 Å². The molecule has 0 bridgehead atoms. The first-order valence-electron chi connectivity index (χ1n) is 12.0. The second-order valence-electron chi connectivity index (χ2n) is 9.08. The number of carboxylic acid groups (broad SMARTS) is 1. The number of amides is 2. The van der Waals surface area contributed by atoms with Crippen LogP contribution in [0.15, 0.2) is 66.9 Å². The van der Waals surface area contributed by atoms with Crippen LogP contribution in [0.5, 0.6) is 0 Å². The zero-order valence-corrected chi connectivity index (χ0v) is 20.5. The highest BCUT2D eigenvalue weighted by atomic mass is 32.1. The van der Waals surface area contributed by atoms with Crippen LogP contribution in [-0.4, -0.2) is 45.4 Å². The van der Waals surface area contributed by atoms with E-state index in [2.05, 4.69) is 15.3 Å². The summed E-state index contributed by atoms with van der Waals surface area (Å²) < 4.78 is 0. The highest BCUT2D eigenvalue weighted by molar-refractivity contribution is 7.17. The second-order valence-corrected chi connectivity index (χ2v) is 10.1. The molecule has 184 valence electrons. The van der Waals surface area contributed by atoms with Crippen LogP contribution in [0.2, 0.25) is 0 Å². The maximum Gasteiger partial charge on any atom is 0.354 e. The summed E-state index contributed by atoms with van der Waals surface area (Å²) in [6, 6.07) is 18.2. The molecule has 0 atom stereocenters. The average molecular weight is 511 g/mol. The first-order valence-corrected chi connectivity index (χ1v) is 12.8. The molecule has 0 radical (unpaired) electrons. The normalized spacial score (nSPS) is 14.3. The standard InChI is InChI=1S/C28H22N4O4S/c33-26(30-18-9-10-18)24-14-16-12-13-32(23-7-2-1-4-19(23)25(16)37-24)27(34)21-6-3-5-20(31-21)17-8-11-22(28(35)36)29-15-17/h1-8,11,14-15,18H,9-10,12-13H2,(H,30,33)(H,35,36). The summed E-state index contributed by atoms with van der Waals surface area (Å²) in [5.74, 6) is -1.36. The molecule has 9 heteroatoms. The fourth-order valence-corrected chi connectivity index (χ4v) is 5.58. The van der Waals surface area contributed by atoms with Gasteiger partial charge in [0.05, 0.1) is 16.3 Å². The van der Waals surface area contributed by atoms with E-state index >= 15 is 0 Å². The molecule has 3 aromatic heterocycles. The maximum absolute atomic E-state index is 13.7. The van der Waals surface area contributed by atoms with Gasteiger partial charge in [-0.15, -0.1) is 11.3 Å². The van der Waals surface area contributed by atoms with Gasteiger partial charge in [-0.1, -0.05) is 24.3 Å². The fraction of sp³-hybridized carbons (Fsp3) is 0.179. The molecule has 2 N–H and O–H groups in total. The summed E-state index contributed by atoms with van der Waals surface area (Å²) >= 11 is 1.47. The minimum Gasteiger partial charge on any atom is -0.477 e. The van der Waals surface area contributed by atoms with E-state index < -0.39 is 5.97 Å². The number of carbonyl (C=O) groups is 3. The Hall–Kier alpha value is -4.37. The number of anilines is 1. The number of carboxylic acids is 1. The van der Waals surface area contributed by atoms with Crippen molar-refractivity contribution in [3.05, 3.63) is 88.7 Å². The Balaban J connectivity index is 1.31. The maximum atomic E-state index is 13.7. The number of rotatable bonds is 5. The highest BCUT2D eigenvalue weighted by Gasteiger charge is 2.29. The SMILES string of the molecule is O=C(O)c1ccc(-c2cccc(C(=O)N3CCc4cc(C(=O)NC5CC5)sc4-c4ccccc43)n2)cn1. The number of fused-ring (bicyclic) bond motifs is 3. The van der Waals surface area contributed by atoms with Gasteiger partial charge < -0.3 is 15.3 Å². The third-order valence-electron chi connectivity index (χ3n) is 6.48. The van der Waals surface area contributed by atoms with E-state index in [1.807, 2.05) is 30.3 Å². The van der Waals surface area contributed by atoms with Crippen LogP contribution >= 0.6 is 11.3 Å². The van der Waals surface area contributed by atoms with Crippen molar-refractivity contribution in [2.24, 2.45) is 0 Å². The van der Waals surface area contributed by atoms with Crippen LogP contribution in [0.1, 0.15) is 49.1 Å². The molecule has 0 spiro atoms. The van der Waals surface area contributed by atoms with E-state index in [0.717, 1.165) is 34.5 Å². The Bertz CT molecular complexity index is 1540. The summed E-state index contributed by atoms with van der Waals surface area (Å²) in [5.41, 5.74) is 4.13. The van der Waals surface area contributed by atoms with Crippen LogP contribution in [0.4, 0.5) is 5.69 Å². The van der Waals surface area contributed by atoms with E-state index in [1.54, 1.807) is 29.2 Å². The number of para-hydroxylation sites is 1. The Labute approximate surface area is 216 Å². The number of aromatic carboxylic acids is 1. The number of carbonyl (C=O) groups excluding carboxylic acids is 2. The molecule has 2 aliphatic rings. The summed E-state index contributed by atoms with van der Waals surface area (Å²) in [4.78, 5) is 49.5. The van der Waals surface area contributed by atoms with Gasteiger partial charge in [0.2, 0.25) is 0 Å². The Morgan fingerprint density at radius 3 is 2.59 bits per heavy atom. The summed E-state index contributed by atoms with van der Waals surface area (Å²) in [6.45, 7) is 0.448. The zero-order valence-electron chi connectivity index (χ0n) is 19.7. The number of nitrogens with one attached hydrogen (secondary N) is 1. The predicted octanol–water partition coefficient (Wildman–Crippen LogP) is 4.67. The van der Waals surface area contributed by atoms with Crippen LogP contribution in [0.3, 0.4) is 0 Å². The smallest absolute Gasteiger partial charge is 0.354 e. The number of hydrogen-bond acceptors (Lipinski definition) is 6. The third-order valence-corrected chi connectivity index (χ3v) is 7.69. The van der Waals surface area contributed by atoms with Crippen LogP contribution in [0, 0.1) is 0 Å². The second kappa shape index (κ2) is 9.25. The van der Waals surface area contributed by atoms with Crippen LogP contribution in [0.25, 0.3) is 21.7 Å².